The first kappa shape index (κ1) is 32.9. The van der Waals surface area contributed by atoms with Gasteiger partial charge in [-0.25, -0.2) is 9.97 Å². The van der Waals surface area contributed by atoms with Crippen LogP contribution in [0.4, 0.5) is 24.5 Å². The van der Waals surface area contributed by atoms with Crippen molar-refractivity contribution < 1.29 is 32.6 Å². The number of nitrogens with one attached hydrogen (secondary N) is 1. The maximum absolute atomic E-state index is 14.1. The van der Waals surface area contributed by atoms with Gasteiger partial charge >= 0.3 is 6.18 Å². The maximum atomic E-state index is 14.1. The Bertz CT molecular complexity index is 1970. The van der Waals surface area contributed by atoms with Gasteiger partial charge in [0.25, 0.3) is 5.56 Å². The highest BCUT2D eigenvalue weighted by atomic mass is 35.5. The summed E-state index contributed by atoms with van der Waals surface area (Å²) in [7, 11) is 0. The second kappa shape index (κ2) is 13.2. The van der Waals surface area contributed by atoms with E-state index in [-0.39, 0.29) is 51.9 Å². The van der Waals surface area contributed by atoms with Gasteiger partial charge in [0.2, 0.25) is 23.4 Å². The highest BCUT2D eigenvalue weighted by Crippen LogP contribution is 2.34. The summed E-state index contributed by atoms with van der Waals surface area (Å²) in [6.45, 7) is 3.56. The number of benzene rings is 1. The third-order valence-corrected chi connectivity index (χ3v) is 8.30. The molecule has 6 rings (SSSR count). The smallest absolute Gasteiger partial charge is 0.416 e. The number of piperazine rings is 1. The van der Waals surface area contributed by atoms with Gasteiger partial charge in [0, 0.05) is 38.2 Å². The molecule has 1 saturated heterocycles. The molecule has 1 aromatic carbocycles. The number of fused-ring (bicyclic) bond motifs is 1. The van der Waals surface area contributed by atoms with Gasteiger partial charge < -0.3 is 29.5 Å². The SMILES string of the molecule is CCc1c(N2CCN(C(=O)C3=CCOCC3)CC2)c(=O)n2nc(-c3ncc(O)cn3)nc2n1CC(=O)Nc1ccc(C(F)(F)F)cc1Cl. The van der Waals surface area contributed by atoms with Crippen LogP contribution in [0.1, 0.15) is 24.6 Å². The van der Waals surface area contributed by atoms with E-state index in [0.717, 1.165) is 35.1 Å². The lowest BCUT2D eigenvalue weighted by atomic mass is 10.1. The third-order valence-electron chi connectivity index (χ3n) is 7.99. The Hall–Kier alpha value is -5.03. The molecule has 0 spiro atoms. The average molecular weight is 688 g/mol. The second-order valence-electron chi connectivity index (χ2n) is 11.0. The summed E-state index contributed by atoms with van der Waals surface area (Å²) in [4.78, 5) is 56.7. The van der Waals surface area contributed by atoms with Gasteiger partial charge in [0.1, 0.15) is 12.2 Å². The summed E-state index contributed by atoms with van der Waals surface area (Å²) < 4.78 is 47.3. The van der Waals surface area contributed by atoms with Crippen LogP contribution in [0.15, 0.2) is 47.0 Å². The van der Waals surface area contributed by atoms with Crippen LogP contribution < -0.4 is 15.8 Å². The minimum absolute atomic E-state index is 0.0116. The van der Waals surface area contributed by atoms with Gasteiger partial charge in [-0.2, -0.15) is 22.7 Å². The second-order valence-corrected chi connectivity index (χ2v) is 11.4. The van der Waals surface area contributed by atoms with Crippen molar-refractivity contribution in [3.63, 3.8) is 0 Å². The molecule has 5 heterocycles. The third kappa shape index (κ3) is 6.55. The molecule has 252 valence electrons. The van der Waals surface area contributed by atoms with Crippen LogP contribution >= 0.6 is 11.6 Å². The predicted molar refractivity (Wildman–Crippen MR) is 167 cm³/mol. The Balaban J connectivity index is 1.36. The van der Waals surface area contributed by atoms with Gasteiger partial charge in [-0.15, -0.1) is 5.10 Å². The maximum Gasteiger partial charge on any atom is 0.416 e. The number of nitrogens with zero attached hydrogens (tertiary/aromatic N) is 8. The Kier molecular flexibility index (Phi) is 9.07. The number of hydrogen-bond acceptors (Lipinski definition) is 10. The molecule has 0 saturated carbocycles. The van der Waals surface area contributed by atoms with Gasteiger partial charge in [0.15, 0.2) is 11.6 Å². The fourth-order valence-electron chi connectivity index (χ4n) is 5.64. The summed E-state index contributed by atoms with van der Waals surface area (Å²) in [6.07, 6.45) is 0.248. The number of aromatic hydroxyl groups is 1. The molecule has 2 aliphatic heterocycles. The topological polar surface area (TPSA) is 160 Å². The largest absolute Gasteiger partial charge is 0.505 e. The molecule has 2 amide bonds. The zero-order valence-corrected chi connectivity index (χ0v) is 26.3. The molecule has 3 aromatic heterocycles. The van der Waals surface area contributed by atoms with Crippen LogP contribution in [0.2, 0.25) is 5.02 Å². The van der Waals surface area contributed by atoms with E-state index in [1.807, 2.05) is 4.90 Å². The molecule has 2 N–H and O–H groups in total. The zero-order chi connectivity index (χ0) is 34.2. The van der Waals surface area contributed by atoms with E-state index in [1.54, 1.807) is 17.9 Å². The summed E-state index contributed by atoms with van der Waals surface area (Å²) in [5, 5.41) is 16.2. The first-order valence-corrected chi connectivity index (χ1v) is 15.3. The number of alkyl halides is 3. The highest BCUT2D eigenvalue weighted by Gasteiger charge is 2.32. The monoisotopic (exact) mass is 687 g/mol. The van der Waals surface area contributed by atoms with Crippen LogP contribution in [0.5, 0.6) is 5.75 Å². The van der Waals surface area contributed by atoms with E-state index in [2.05, 4.69) is 25.4 Å². The first-order chi connectivity index (χ1) is 22.9. The van der Waals surface area contributed by atoms with Crippen molar-refractivity contribution >= 4 is 40.6 Å². The molecule has 4 aromatic rings. The number of halogens is 4. The molecule has 1 fully saturated rings. The molecule has 18 heteroatoms. The number of carbonyl (C=O) groups is 2. The van der Waals surface area contributed by atoms with E-state index in [0.29, 0.717) is 57.1 Å². The lowest BCUT2D eigenvalue weighted by Crippen LogP contribution is -2.51. The van der Waals surface area contributed by atoms with Gasteiger partial charge in [-0.05, 0) is 24.6 Å². The fraction of sp³-hybridized carbons (Fsp3) is 0.367. The normalized spacial score (nSPS) is 15.5. The van der Waals surface area contributed by atoms with Crippen LogP contribution in [0.25, 0.3) is 17.4 Å². The highest BCUT2D eigenvalue weighted by molar-refractivity contribution is 6.33. The summed E-state index contributed by atoms with van der Waals surface area (Å²) >= 11 is 6.08. The molecule has 0 radical (unpaired) electrons. The van der Waals surface area contributed by atoms with E-state index in [9.17, 15) is 32.7 Å². The average Bonchev–Trinajstić information content (AvgIpc) is 3.53. The summed E-state index contributed by atoms with van der Waals surface area (Å²) in [5.41, 5.74) is -0.133. The van der Waals surface area contributed by atoms with Crippen molar-refractivity contribution in [1.29, 1.82) is 0 Å². The summed E-state index contributed by atoms with van der Waals surface area (Å²) in [6, 6.07) is 2.58. The van der Waals surface area contributed by atoms with Crippen molar-refractivity contribution in [2.75, 3.05) is 49.6 Å². The van der Waals surface area contributed by atoms with Crippen LogP contribution in [-0.4, -0.2) is 90.3 Å². The van der Waals surface area contributed by atoms with Crippen molar-refractivity contribution in [2.45, 2.75) is 32.5 Å². The lowest BCUT2D eigenvalue weighted by molar-refractivity contribution is -0.137. The molecule has 0 unspecified atom stereocenters. The number of ether oxygens (including phenoxy) is 1. The number of hydrogen-bond donors (Lipinski definition) is 2. The number of rotatable bonds is 7. The molecule has 0 atom stereocenters. The minimum Gasteiger partial charge on any atom is -0.505 e. The van der Waals surface area contributed by atoms with E-state index >= 15 is 0 Å². The molecule has 0 aliphatic carbocycles. The first-order valence-electron chi connectivity index (χ1n) is 15.0. The Morgan fingerprint density at radius 2 is 1.83 bits per heavy atom. The zero-order valence-electron chi connectivity index (χ0n) is 25.5. The predicted octanol–water partition coefficient (Wildman–Crippen LogP) is 2.92. The van der Waals surface area contributed by atoms with Crippen molar-refractivity contribution in [2.24, 2.45) is 0 Å². The Morgan fingerprint density at radius 3 is 2.46 bits per heavy atom. The molecule has 2 aliphatic rings. The Morgan fingerprint density at radius 1 is 1.10 bits per heavy atom. The lowest BCUT2D eigenvalue weighted by Gasteiger charge is -2.37. The van der Waals surface area contributed by atoms with E-state index in [4.69, 9.17) is 16.3 Å². The van der Waals surface area contributed by atoms with Crippen LogP contribution in [0, 0.1) is 0 Å². The number of amides is 2. The molecule has 0 bridgehead atoms. The Labute approximate surface area is 275 Å². The van der Waals surface area contributed by atoms with Crippen LogP contribution in [-0.2, 0) is 33.5 Å². The number of anilines is 2. The molecule has 48 heavy (non-hydrogen) atoms. The van der Waals surface area contributed by atoms with E-state index in [1.165, 1.54) is 4.57 Å². The van der Waals surface area contributed by atoms with Crippen LogP contribution in [0.3, 0.4) is 0 Å². The minimum atomic E-state index is -4.62. The standard InChI is InChI=1S/C30H29ClF3N9O5/c1-2-22-24(40-7-9-41(10-8-40)27(46)17-5-11-48-12-6-17)28(47)43-29(38-26(39-43)25-35-14-19(44)15-36-25)42(22)16-23(45)37-21-4-3-18(13-20(21)31)30(32,33)34/h3-5,13-15,44H,2,6-12,16H2,1H3,(H,37,45). The molecule has 14 nitrogen and oxygen atoms in total. The van der Waals surface area contributed by atoms with E-state index < -0.39 is 29.8 Å². The van der Waals surface area contributed by atoms with Gasteiger partial charge in [-0.1, -0.05) is 24.6 Å². The van der Waals surface area contributed by atoms with Gasteiger partial charge in [-0.3, -0.25) is 14.4 Å². The number of carbonyl (C=O) groups excluding carboxylic acids is 2. The quantitative estimate of drug-likeness (QED) is 0.296. The van der Waals surface area contributed by atoms with Crippen molar-refractivity contribution in [1.82, 2.24) is 34.0 Å². The fourth-order valence-corrected chi connectivity index (χ4v) is 5.87. The molecular formula is C30H29ClF3N9O5. The van der Waals surface area contributed by atoms with Crippen molar-refractivity contribution in [3.8, 4) is 17.4 Å². The van der Waals surface area contributed by atoms with Crippen molar-refractivity contribution in [3.05, 3.63) is 68.9 Å². The number of aromatic nitrogens is 6. The van der Waals surface area contributed by atoms with Gasteiger partial charge in [0.05, 0.1) is 47.6 Å². The molecular weight excluding hydrogens is 659 g/mol. The summed E-state index contributed by atoms with van der Waals surface area (Å²) in [5.74, 6) is -0.976.